The van der Waals surface area contributed by atoms with Crippen LogP contribution in [-0.4, -0.2) is 30.3 Å². The van der Waals surface area contributed by atoms with Crippen LogP contribution in [0.4, 0.5) is 5.13 Å². The molecule has 0 aliphatic rings. The first-order valence-corrected chi connectivity index (χ1v) is 11.8. The molecule has 0 saturated carbocycles. The number of aryl methyl sites for hydroxylation is 2. The zero-order valence-electron chi connectivity index (χ0n) is 16.2. The van der Waals surface area contributed by atoms with Crippen LogP contribution in [0.3, 0.4) is 0 Å². The molecular formula is C22H19N3O3S2. The first-order chi connectivity index (χ1) is 14.4. The maximum atomic E-state index is 12.7. The standard InChI is InChI=1S/C22H19N3O3S2/c1-15-6-8-17(9-7-15)21(26)23-22-25-24-20(29-22)12-13-30(27,28)19-11-10-16-4-2-3-5-18(16)14-19/h2-11,14H,12-13H2,1H3,(H,23,25,26). The smallest absolute Gasteiger partial charge is 0.257 e. The van der Waals surface area contributed by atoms with Crippen LogP contribution in [0.5, 0.6) is 0 Å². The molecule has 30 heavy (non-hydrogen) atoms. The molecule has 4 rings (SSSR count). The highest BCUT2D eigenvalue weighted by Gasteiger charge is 2.17. The van der Waals surface area contributed by atoms with Gasteiger partial charge in [0.15, 0.2) is 9.84 Å². The molecule has 152 valence electrons. The SMILES string of the molecule is Cc1ccc(C(=O)Nc2nnc(CCS(=O)(=O)c3ccc4ccccc4c3)s2)cc1. The number of carbonyl (C=O) groups is 1. The van der Waals surface area contributed by atoms with Gasteiger partial charge in [-0.1, -0.05) is 59.4 Å². The molecule has 0 fully saturated rings. The molecule has 1 amide bonds. The fourth-order valence-corrected chi connectivity index (χ4v) is 5.12. The predicted molar refractivity (Wildman–Crippen MR) is 119 cm³/mol. The van der Waals surface area contributed by atoms with Gasteiger partial charge in [-0.25, -0.2) is 8.42 Å². The van der Waals surface area contributed by atoms with Crippen molar-refractivity contribution in [2.45, 2.75) is 18.2 Å². The summed E-state index contributed by atoms with van der Waals surface area (Å²) in [5, 5.41) is 13.5. The average molecular weight is 438 g/mol. The Labute approximate surface area is 178 Å². The Morgan fingerprint density at radius 3 is 2.47 bits per heavy atom. The van der Waals surface area contributed by atoms with Crippen LogP contribution < -0.4 is 5.32 Å². The summed E-state index contributed by atoms with van der Waals surface area (Å²) >= 11 is 1.18. The van der Waals surface area contributed by atoms with E-state index in [0.717, 1.165) is 16.3 Å². The highest BCUT2D eigenvalue weighted by molar-refractivity contribution is 7.91. The molecule has 0 atom stereocenters. The Kier molecular flexibility index (Phi) is 5.61. The van der Waals surface area contributed by atoms with Crippen LogP contribution in [0.25, 0.3) is 10.8 Å². The van der Waals surface area contributed by atoms with Crippen molar-refractivity contribution in [3.8, 4) is 0 Å². The summed E-state index contributed by atoms with van der Waals surface area (Å²) in [6.45, 7) is 1.95. The molecule has 0 aliphatic heterocycles. The summed E-state index contributed by atoms with van der Waals surface area (Å²) in [4.78, 5) is 12.6. The van der Waals surface area contributed by atoms with Gasteiger partial charge in [0.1, 0.15) is 5.01 Å². The molecule has 3 aromatic carbocycles. The van der Waals surface area contributed by atoms with E-state index in [9.17, 15) is 13.2 Å². The lowest BCUT2D eigenvalue weighted by Crippen LogP contribution is -2.11. The number of hydrogen-bond acceptors (Lipinski definition) is 6. The lowest BCUT2D eigenvalue weighted by atomic mass is 10.1. The van der Waals surface area contributed by atoms with Crippen molar-refractivity contribution >= 4 is 43.0 Å². The third kappa shape index (κ3) is 4.55. The minimum absolute atomic E-state index is 0.0775. The van der Waals surface area contributed by atoms with E-state index in [0.29, 0.717) is 20.6 Å². The summed E-state index contributed by atoms with van der Waals surface area (Å²) in [7, 11) is -3.46. The minimum Gasteiger partial charge on any atom is -0.296 e. The van der Waals surface area contributed by atoms with Gasteiger partial charge >= 0.3 is 0 Å². The number of benzene rings is 3. The molecular weight excluding hydrogens is 418 g/mol. The number of hydrogen-bond donors (Lipinski definition) is 1. The Morgan fingerprint density at radius 1 is 0.967 bits per heavy atom. The van der Waals surface area contributed by atoms with Crippen molar-refractivity contribution in [1.29, 1.82) is 0 Å². The molecule has 0 radical (unpaired) electrons. The molecule has 1 aromatic heterocycles. The summed E-state index contributed by atoms with van der Waals surface area (Å²) in [6.07, 6.45) is 0.229. The highest BCUT2D eigenvalue weighted by Crippen LogP contribution is 2.22. The maximum Gasteiger partial charge on any atom is 0.257 e. The van der Waals surface area contributed by atoms with Gasteiger partial charge in [0.25, 0.3) is 5.91 Å². The molecule has 0 spiro atoms. The van der Waals surface area contributed by atoms with Crippen molar-refractivity contribution in [2.75, 3.05) is 11.1 Å². The molecule has 0 unspecified atom stereocenters. The van der Waals surface area contributed by atoms with E-state index in [4.69, 9.17) is 0 Å². The van der Waals surface area contributed by atoms with Crippen molar-refractivity contribution < 1.29 is 13.2 Å². The van der Waals surface area contributed by atoms with Gasteiger partial charge in [0.05, 0.1) is 10.6 Å². The Bertz CT molecular complexity index is 1310. The zero-order valence-corrected chi connectivity index (χ0v) is 17.8. The van der Waals surface area contributed by atoms with E-state index >= 15 is 0 Å². The van der Waals surface area contributed by atoms with Crippen LogP contribution in [0.15, 0.2) is 71.6 Å². The topological polar surface area (TPSA) is 89.0 Å². The van der Waals surface area contributed by atoms with E-state index in [-0.39, 0.29) is 18.1 Å². The second-order valence-electron chi connectivity index (χ2n) is 6.90. The van der Waals surface area contributed by atoms with E-state index < -0.39 is 9.84 Å². The number of nitrogens with zero attached hydrogens (tertiary/aromatic N) is 2. The second-order valence-corrected chi connectivity index (χ2v) is 10.1. The van der Waals surface area contributed by atoms with Gasteiger partial charge in [-0.15, -0.1) is 10.2 Å². The molecule has 8 heteroatoms. The van der Waals surface area contributed by atoms with Gasteiger partial charge in [-0.05, 0) is 42.0 Å². The van der Waals surface area contributed by atoms with E-state index in [2.05, 4.69) is 15.5 Å². The zero-order chi connectivity index (χ0) is 21.1. The average Bonchev–Trinajstić information content (AvgIpc) is 3.20. The molecule has 0 aliphatic carbocycles. The number of anilines is 1. The van der Waals surface area contributed by atoms with Crippen molar-refractivity contribution in [3.05, 3.63) is 82.9 Å². The number of fused-ring (bicyclic) bond motifs is 1. The third-order valence-electron chi connectivity index (χ3n) is 4.67. The predicted octanol–water partition coefficient (Wildman–Crippen LogP) is 4.27. The summed E-state index contributed by atoms with van der Waals surface area (Å²) in [5.41, 5.74) is 1.59. The first-order valence-electron chi connectivity index (χ1n) is 9.33. The number of nitrogens with one attached hydrogen (secondary N) is 1. The van der Waals surface area contributed by atoms with Crippen LogP contribution in [0, 0.1) is 6.92 Å². The van der Waals surface area contributed by atoms with E-state index in [1.165, 1.54) is 11.3 Å². The molecule has 6 nitrogen and oxygen atoms in total. The molecule has 0 bridgehead atoms. The van der Waals surface area contributed by atoms with Crippen LogP contribution in [0.2, 0.25) is 0 Å². The normalized spacial score (nSPS) is 11.5. The molecule has 4 aromatic rings. The minimum atomic E-state index is -3.46. The molecule has 1 N–H and O–H groups in total. The van der Waals surface area contributed by atoms with Gasteiger partial charge in [0.2, 0.25) is 5.13 Å². The summed E-state index contributed by atoms with van der Waals surface area (Å²) in [6, 6.07) is 20.0. The Balaban J connectivity index is 1.41. The lowest BCUT2D eigenvalue weighted by Gasteiger charge is -2.05. The third-order valence-corrected chi connectivity index (χ3v) is 7.28. The fraction of sp³-hybridized carbons (Fsp3) is 0.136. The highest BCUT2D eigenvalue weighted by atomic mass is 32.2. The second kappa shape index (κ2) is 8.33. The number of carbonyl (C=O) groups excluding carboxylic acids is 1. The maximum absolute atomic E-state index is 12.7. The van der Waals surface area contributed by atoms with Crippen molar-refractivity contribution in [1.82, 2.24) is 10.2 Å². The van der Waals surface area contributed by atoms with E-state index in [1.807, 2.05) is 49.4 Å². The van der Waals surface area contributed by atoms with Gasteiger partial charge in [-0.2, -0.15) is 0 Å². The van der Waals surface area contributed by atoms with Crippen molar-refractivity contribution in [3.63, 3.8) is 0 Å². The van der Waals surface area contributed by atoms with Crippen LogP contribution in [-0.2, 0) is 16.3 Å². The molecule has 1 heterocycles. The number of rotatable bonds is 6. The Morgan fingerprint density at radius 2 is 1.70 bits per heavy atom. The first kappa shape index (κ1) is 20.2. The van der Waals surface area contributed by atoms with Crippen LogP contribution >= 0.6 is 11.3 Å². The number of aromatic nitrogens is 2. The van der Waals surface area contributed by atoms with E-state index in [1.54, 1.807) is 24.3 Å². The quantitative estimate of drug-likeness (QED) is 0.487. The van der Waals surface area contributed by atoms with Crippen molar-refractivity contribution in [2.24, 2.45) is 0 Å². The summed E-state index contributed by atoms with van der Waals surface area (Å²) < 4.78 is 25.5. The molecule has 0 saturated heterocycles. The summed E-state index contributed by atoms with van der Waals surface area (Å²) in [5.74, 6) is -0.354. The van der Waals surface area contributed by atoms with Gasteiger partial charge in [-0.3, -0.25) is 10.1 Å². The fourth-order valence-electron chi connectivity index (χ4n) is 2.98. The number of amides is 1. The van der Waals surface area contributed by atoms with Gasteiger partial charge < -0.3 is 0 Å². The van der Waals surface area contributed by atoms with Crippen LogP contribution in [0.1, 0.15) is 20.9 Å². The lowest BCUT2D eigenvalue weighted by molar-refractivity contribution is 0.102. The number of sulfone groups is 1. The largest absolute Gasteiger partial charge is 0.296 e. The Hall–Kier alpha value is -3.10. The van der Waals surface area contributed by atoms with Gasteiger partial charge in [0, 0.05) is 12.0 Å². The monoisotopic (exact) mass is 437 g/mol.